The van der Waals surface area contributed by atoms with Crippen LogP contribution in [0.5, 0.6) is 0 Å². The van der Waals surface area contributed by atoms with Gasteiger partial charge in [0.05, 0.1) is 33.4 Å². The molecule has 2 atom stereocenters. The molecule has 1 N–H and O–H groups in total. The first-order valence-corrected chi connectivity index (χ1v) is 15.4. The molecule has 1 aliphatic rings. The fourth-order valence-electron chi connectivity index (χ4n) is 5.52. The Kier molecular flexibility index (Phi) is 8.15. The van der Waals surface area contributed by atoms with E-state index in [-0.39, 0.29) is 17.8 Å². The highest BCUT2D eigenvalue weighted by Gasteiger charge is 2.42. The third kappa shape index (κ3) is 5.73. The Balaban J connectivity index is 1.38. The number of anilines is 1. The Labute approximate surface area is 268 Å². The minimum atomic E-state index is -0.397. The smallest absolute Gasteiger partial charge is 0.269 e. The van der Waals surface area contributed by atoms with Gasteiger partial charge in [-0.2, -0.15) is 0 Å². The summed E-state index contributed by atoms with van der Waals surface area (Å²) in [6.45, 7) is 4.15. The van der Waals surface area contributed by atoms with Crippen molar-refractivity contribution in [3.05, 3.63) is 140 Å². The number of nitro benzene ring substituents is 1. The first kappa shape index (κ1) is 29.2. The van der Waals surface area contributed by atoms with Gasteiger partial charge >= 0.3 is 0 Å². The van der Waals surface area contributed by atoms with E-state index in [9.17, 15) is 10.1 Å². The zero-order valence-electron chi connectivity index (χ0n) is 23.1. The van der Waals surface area contributed by atoms with Gasteiger partial charge in [0, 0.05) is 50.2 Å². The number of halogens is 2. The monoisotopic (exact) mass is 645 g/mol. The summed E-state index contributed by atoms with van der Waals surface area (Å²) in [4.78, 5) is 19.4. The van der Waals surface area contributed by atoms with Gasteiger partial charge in [0.25, 0.3) is 5.69 Å². The van der Waals surface area contributed by atoms with Gasteiger partial charge in [0.1, 0.15) is 0 Å². The lowest BCUT2D eigenvalue weighted by atomic mass is 9.96. The summed E-state index contributed by atoms with van der Waals surface area (Å²) in [6, 6.07) is 27.9. The number of nitro groups is 1. The highest BCUT2D eigenvalue weighted by atomic mass is 35.5. The Hall–Kier alpha value is -3.89. The molecule has 1 aliphatic heterocycles. The van der Waals surface area contributed by atoms with E-state index in [1.165, 1.54) is 23.9 Å². The van der Waals surface area contributed by atoms with Crippen LogP contribution in [0.3, 0.4) is 0 Å². The number of hydrogen-bond donors (Lipinski definition) is 1. The van der Waals surface area contributed by atoms with Crippen molar-refractivity contribution in [2.45, 2.75) is 35.7 Å². The predicted molar refractivity (Wildman–Crippen MR) is 177 cm³/mol. The average molecular weight is 647 g/mol. The Bertz CT molecular complexity index is 1830. The lowest BCUT2D eigenvalue weighted by Gasteiger charge is -2.28. The van der Waals surface area contributed by atoms with Crippen LogP contribution in [0.1, 0.15) is 34.7 Å². The standard InChI is InChI=1S/C32H25Cl2N5O2S2/c1-19-17-26(20(2)37(19)29-15-6-21(33)18-27(29)34)31-30(28-5-3-4-16-35-28)36-32(42)38(31)22-7-11-24(12-8-22)43-25-13-9-23(10-14-25)39(40)41/h3-18,30-31H,1-2H3,(H,36,42)/t30-,31-/m1/s1. The minimum Gasteiger partial charge on any atom is -0.351 e. The molecule has 5 aromatic rings. The van der Waals surface area contributed by atoms with Crippen LogP contribution in [0.25, 0.3) is 5.69 Å². The normalized spacial score (nSPS) is 16.4. The Morgan fingerprint density at radius 3 is 2.28 bits per heavy atom. The van der Waals surface area contributed by atoms with E-state index in [1.807, 2.05) is 54.6 Å². The topological polar surface area (TPSA) is 76.2 Å². The first-order chi connectivity index (χ1) is 20.7. The predicted octanol–water partition coefficient (Wildman–Crippen LogP) is 9.03. The summed E-state index contributed by atoms with van der Waals surface area (Å²) in [6.07, 6.45) is 1.79. The largest absolute Gasteiger partial charge is 0.351 e. The number of nitrogens with one attached hydrogen (secondary N) is 1. The molecule has 2 aromatic heterocycles. The van der Waals surface area contributed by atoms with Gasteiger partial charge in [0.2, 0.25) is 0 Å². The van der Waals surface area contributed by atoms with E-state index < -0.39 is 4.92 Å². The number of nitrogens with zero attached hydrogens (tertiary/aromatic N) is 4. The van der Waals surface area contributed by atoms with Crippen molar-refractivity contribution in [2.75, 3.05) is 4.90 Å². The van der Waals surface area contributed by atoms with Gasteiger partial charge in [-0.15, -0.1) is 0 Å². The van der Waals surface area contributed by atoms with Crippen LogP contribution in [-0.2, 0) is 0 Å². The molecule has 43 heavy (non-hydrogen) atoms. The van der Waals surface area contributed by atoms with Gasteiger partial charge in [-0.3, -0.25) is 15.1 Å². The second kappa shape index (κ2) is 12.0. The number of hydrogen-bond acceptors (Lipinski definition) is 5. The molecular weight excluding hydrogens is 621 g/mol. The maximum atomic E-state index is 11.0. The zero-order valence-corrected chi connectivity index (χ0v) is 26.2. The van der Waals surface area contributed by atoms with Crippen LogP contribution in [0.2, 0.25) is 10.0 Å². The molecule has 11 heteroatoms. The fourth-order valence-corrected chi connectivity index (χ4v) is 7.17. The zero-order chi connectivity index (χ0) is 30.2. The number of thiocarbonyl (C=S) groups is 1. The molecule has 1 fully saturated rings. The molecule has 0 amide bonds. The highest BCUT2D eigenvalue weighted by molar-refractivity contribution is 7.99. The number of pyridine rings is 1. The van der Waals surface area contributed by atoms with Crippen LogP contribution in [0.15, 0.2) is 107 Å². The van der Waals surface area contributed by atoms with E-state index in [1.54, 1.807) is 24.4 Å². The van der Waals surface area contributed by atoms with Crippen molar-refractivity contribution in [2.24, 2.45) is 0 Å². The molecule has 216 valence electrons. The van der Waals surface area contributed by atoms with Crippen molar-refractivity contribution >= 4 is 63.7 Å². The lowest BCUT2D eigenvalue weighted by molar-refractivity contribution is -0.384. The Morgan fingerprint density at radius 1 is 0.953 bits per heavy atom. The van der Waals surface area contributed by atoms with E-state index in [0.29, 0.717) is 15.2 Å². The van der Waals surface area contributed by atoms with E-state index in [4.69, 9.17) is 35.4 Å². The Morgan fingerprint density at radius 2 is 1.65 bits per heavy atom. The molecule has 0 saturated carbocycles. The lowest BCUT2D eigenvalue weighted by Crippen LogP contribution is -2.29. The average Bonchev–Trinajstić information content (AvgIpc) is 3.49. The molecule has 0 bridgehead atoms. The fraction of sp³-hybridized carbons (Fsp3) is 0.125. The summed E-state index contributed by atoms with van der Waals surface area (Å²) in [5.41, 5.74) is 5.91. The molecule has 3 aromatic carbocycles. The molecule has 6 rings (SSSR count). The molecule has 1 saturated heterocycles. The molecular formula is C32H25Cl2N5O2S2. The second-order valence-electron chi connectivity index (χ2n) is 10.1. The maximum absolute atomic E-state index is 11.0. The quantitative estimate of drug-likeness (QED) is 0.107. The molecule has 7 nitrogen and oxygen atoms in total. The third-order valence-corrected chi connectivity index (χ3v) is 9.30. The number of non-ortho nitro benzene ring substituents is 1. The van der Waals surface area contributed by atoms with Crippen molar-refractivity contribution in [1.82, 2.24) is 14.9 Å². The highest BCUT2D eigenvalue weighted by Crippen LogP contribution is 2.44. The second-order valence-corrected chi connectivity index (χ2v) is 12.5. The van der Waals surface area contributed by atoms with Crippen molar-refractivity contribution in [3.8, 4) is 5.69 Å². The SMILES string of the molecule is Cc1cc([C@@H]2[C@@H](c3ccccn3)NC(=S)N2c2ccc(Sc3ccc([N+](=O)[O-])cc3)cc2)c(C)n1-c1ccc(Cl)cc1Cl. The van der Waals surface area contributed by atoms with Gasteiger partial charge in [-0.1, -0.05) is 41.0 Å². The van der Waals surface area contributed by atoms with Crippen molar-refractivity contribution < 1.29 is 4.92 Å². The van der Waals surface area contributed by atoms with Gasteiger partial charge in [-0.25, -0.2) is 0 Å². The van der Waals surface area contributed by atoms with Crippen LogP contribution in [0, 0.1) is 24.0 Å². The van der Waals surface area contributed by atoms with E-state index >= 15 is 0 Å². The summed E-state index contributed by atoms with van der Waals surface area (Å²) < 4.78 is 2.15. The van der Waals surface area contributed by atoms with Crippen molar-refractivity contribution in [3.63, 3.8) is 0 Å². The number of benzene rings is 3. The molecule has 0 aliphatic carbocycles. The van der Waals surface area contributed by atoms with Crippen molar-refractivity contribution in [1.29, 1.82) is 0 Å². The molecule has 0 unspecified atom stereocenters. The van der Waals surface area contributed by atoms with Crippen LogP contribution < -0.4 is 10.2 Å². The van der Waals surface area contributed by atoms with Gasteiger partial charge in [0.15, 0.2) is 5.11 Å². The molecule has 0 spiro atoms. The maximum Gasteiger partial charge on any atom is 0.269 e. The van der Waals surface area contributed by atoms with Crippen LogP contribution in [0.4, 0.5) is 11.4 Å². The number of aryl methyl sites for hydroxylation is 1. The summed E-state index contributed by atoms with van der Waals surface area (Å²) in [5.74, 6) is 0. The summed E-state index contributed by atoms with van der Waals surface area (Å²) in [5, 5.41) is 16.3. The van der Waals surface area contributed by atoms with E-state index in [2.05, 4.69) is 39.7 Å². The summed E-state index contributed by atoms with van der Waals surface area (Å²) >= 11 is 20.3. The molecule has 0 radical (unpaired) electrons. The third-order valence-electron chi connectivity index (χ3n) is 7.44. The van der Waals surface area contributed by atoms with Gasteiger partial charge < -0.3 is 14.8 Å². The van der Waals surface area contributed by atoms with Crippen LogP contribution in [-0.4, -0.2) is 19.6 Å². The number of rotatable bonds is 7. The van der Waals surface area contributed by atoms with Gasteiger partial charge in [-0.05, 0) is 104 Å². The minimum absolute atomic E-state index is 0.0703. The first-order valence-electron chi connectivity index (χ1n) is 13.4. The number of aromatic nitrogens is 2. The summed E-state index contributed by atoms with van der Waals surface area (Å²) in [7, 11) is 0. The van der Waals surface area contributed by atoms with Crippen LogP contribution >= 0.6 is 47.2 Å². The molecule has 3 heterocycles. The van der Waals surface area contributed by atoms with E-state index in [0.717, 1.165) is 43.8 Å².